The second-order valence-corrected chi connectivity index (χ2v) is 7.17. The van der Waals surface area contributed by atoms with Crippen molar-refractivity contribution in [2.45, 2.75) is 52.2 Å². The Morgan fingerprint density at radius 3 is 1.86 bits per heavy atom. The van der Waals surface area contributed by atoms with Gasteiger partial charge in [-0.15, -0.1) is 0 Å². The maximum Gasteiger partial charge on any atom is 0.123 e. The SMILES string of the molecule is CC(C)(C)c1ccc(COOC(C)(C)c2ccccc2)cc1. The lowest BCUT2D eigenvalue weighted by atomic mass is 9.87. The van der Waals surface area contributed by atoms with Gasteiger partial charge in [0, 0.05) is 0 Å². The van der Waals surface area contributed by atoms with Crippen LogP contribution in [0.25, 0.3) is 0 Å². The molecule has 2 aromatic rings. The third-order valence-corrected chi connectivity index (χ3v) is 3.78. The molecule has 0 spiro atoms. The Balaban J connectivity index is 1.91. The summed E-state index contributed by atoms with van der Waals surface area (Å²) in [5.74, 6) is 0. The molecular formula is C20H26O2. The first-order chi connectivity index (χ1) is 10.3. The van der Waals surface area contributed by atoms with Gasteiger partial charge in [-0.25, -0.2) is 9.78 Å². The van der Waals surface area contributed by atoms with Crippen LogP contribution in [0.15, 0.2) is 54.6 Å². The molecule has 0 aliphatic carbocycles. The summed E-state index contributed by atoms with van der Waals surface area (Å²) in [5, 5.41) is 0. The molecule has 0 aliphatic heterocycles. The van der Waals surface area contributed by atoms with Crippen molar-refractivity contribution < 1.29 is 9.78 Å². The Bertz CT molecular complexity index is 577. The van der Waals surface area contributed by atoms with Crippen LogP contribution < -0.4 is 0 Å². The van der Waals surface area contributed by atoms with Crippen LogP contribution in [0.5, 0.6) is 0 Å². The average Bonchev–Trinajstić information content (AvgIpc) is 2.48. The van der Waals surface area contributed by atoms with Crippen molar-refractivity contribution in [2.75, 3.05) is 0 Å². The van der Waals surface area contributed by atoms with Gasteiger partial charge in [0.25, 0.3) is 0 Å². The molecule has 0 aromatic heterocycles. The molecule has 0 radical (unpaired) electrons. The number of hydrogen-bond donors (Lipinski definition) is 0. The van der Waals surface area contributed by atoms with E-state index in [1.807, 2.05) is 44.2 Å². The first-order valence-electron chi connectivity index (χ1n) is 7.75. The molecule has 2 nitrogen and oxygen atoms in total. The van der Waals surface area contributed by atoms with Gasteiger partial charge in [-0.3, -0.25) is 0 Å². The minimum atomic E-state index is -0.466. The van der Waals surface area contributed by atoms with E-state index in [9.17, 15) is 0 Å². The molecule has 0 unspecified atom stereocenters. The van der Waals surface area contributed by atoms with E-state index in [1.54, 1.807) is 0 Å². The van der Waals surface area contributed by atoms with Gasteiger partial charge in [0.05, 0.1) is 0 Å². The minimum absolute atomic E-state index is 0.172. The predicted octanol–water partition coefficient (Wildman–Crippen LogP) is 5.37. The Labute approximate surface area is 134 Å². The van der Waals surface area contributed by atoms with Gasteiger partial charge in [-0.1, -0.05) is 75.4 Å². The van der Waals surface area contributed by atoms with Crippen molar-refractivity contribution in [2.24, 2.45) is 0 Å². The largest absolute Gasteiger partial charge is 0.231 e. The number of benzene rings is 2. The van der Waals surface area contributed by atoms with E-state index in [2.05, 4.69) is 45.0 Å². The molecule has 0 atom stereocenters. The van der Waals surface area contributed by atoms with Crippen molar-refractivity contribution in [3.05, 3.63) is 71.3 Å². The highest BCUT2D eigenvalue weighted by Gasteiger charge is 2.22. The Hall–Kier alpha value is -1.64. The third-order valence-electron chi connectivity index (χ3n) is 3.78. The molecule has 0 fully saturated rings. The highest BCUT2D eigenvalue weighted by atomic mass is 17.2. The molecule has 2 rings (SSSR count). The van der Waals surface area contributed by atoms with Crippen LogP contribution in [0.1, 0.15) is 51.3 Å². The minimum Gasteiger partial charge on any atom is -0.231 e. The van der Waals surface area contributed by atoms with Crippen molar-refractivity contribution >= 4 is 0 Å². The maximum atomic E-state index is 5.62. The van der Waals surface area contributed by atoms with Crippen LogP contribution >= 0.6 is 0 Å². The van der Waals surface area contributed by atoms with E-state index >= 15 is 0 Å². The van der Waals surface area contributed by atoms with Gasteiger partial charge < -0.3 is 0 Å². The molecule has 0 saturated carbocycles. The van der Waals surface area contributed by atoms with E-state index in [1.165, 1.54) is 5.56 Å². The molecule has 2 aromatic carbocycles. The first-order valence-corrected chi connectivity index (χ1v) is 7.75. The van der Waals surface area contributed by atoms with Crippen molar-refractivity contribution in [3.63, 3.8) is 0 Å². The van der Waals surface area contributed by atoms with Crippen LogP contribution in [0.2, 0.25) is 0 Å². The highest BCUT2D eigenvalue weighted by molar-refractivity contribution is 5.27. The Morgan fingerprint density at radius 1 is 0.727 bits per heavy atom. The zero-order valence-corrected chi connectivity index (χ0v) is 14.2. The molecule has 0 bridgehead atoms. The van der Waals surface area contributed by atoms with Gasteiger partial charge in [-0.05, 0) is 36.0 Å². The summed E-state index contributed by atoms with van der Waals surface area (Å²) in [6, 6.07) is 18.6. The fourth-order valence-electron chi connectivity index (χ4n) is 2.23. The Kier molecular flexibility index (Phi) is 5.05. The molecular weight excluding hydrogens is 272 g/mol. The molecule has 118 valence electrons. The topological polar surface area (TPSA) is 18.5 Å². The summed E-state index contributed by atoms with van der Waals surface area (Å²) >= 11 is 0. The van der Waals surface area contributed by atoms with Crippen molar-refractivity contribution in [1.29, 1.82) is 0 Å². The smallest absolute Gasteiger partial charge is 0.123 e. The lowest BCUT2D eigenvalue weighted by molar-refractivity contribution is -0.366. The quantitative estimate of drug-likeness (QED) is 0.546. The average molecular weight is 298 g/mol. The van der Waals surface area contributed by atoms with Crippen LogP contribution in [0.4, 0.5) is 0 Å². The van der Waals surface area contributed by atoms with E-state index in [4.69, 9.17) is 9.78 Å². The zero-order valence-electron chi connectivity index (χ0n) is 14.2. The van der Waals surface area contributed by atoms with Crippen LogP contribution in [-0.4, -0.2) is 0 Å². The summed E-state index contributed by atoms with van der Waals surface area (Å²) in [6.45, 7) is 11.1. The van der Waals surface area contributed by atoms with Gasteiger partial charge in [0.2, 0.25) is 0 Å². The second kappa shape index (κ2) is 6.64. The summed E-state index contributed by atoms with van der Waals surface area (Å²) in [7, 11) is 0. The second-order valence-electron chi connectivity index (χ2n) is 7.17. The van der Waals surface area contributed by atoms with Gasteiger partial charge in [0.1, 0.15) is 12.2 Å². The summed E-state index contributed by atoms with van der Waals surface area (Å²) in [6.07, 6.45) is 0. The normalized spacial score (nSPS) is 12.4. The van der Waals surface area contributed by atoms with Gasteiger partial charge >= 0.3 is 0 Å². The molecule has 0 N–H and O–H groups in total. The first kappa shape index (κ1) is 16.7. The number of rotatable bonds is 5. The molecule has 0 saturated heterocycles. The molecule has 0 amide bonds. The van der Waals surface area contributed by atoms with Crippen LogP contribution in [0.3, 0.4) is 0 Å². The van der Waals surface area contributed by atoms with E-state index in [0.29, 0.717) is 6.61 Å². The highest BCUT2D eigenvalue weighted by Crippen LogP contribution is 2.26. The molecule has 22 heavy (non-hydrogen) atoms. The lowest BCUT2D eigenvalue weighted by Crippen LogP contribution is -2.21. The van der Waals surface area contributed by atoms with Crippen LogP contribution in [-0.2, 0) is 27.4 Å². The van der Waals surface area contributed by atoms with E-state index in [-0.39, 0.29) is 5.41 Å². The lowest BCUT2D eigenvalue weighted by Gasteiger charge is -2.24. The van der Waals surface area contributed by atoms with Gasteiger partial charge in [-0.2, -0.15) is 0 Å². The fourth-order valence-corrected chi connectivity index (χ4v) is 2.23. The van der Waals surface area contributed by atoms with Crippen molar-refractivity contribution in [1.82, 2.24) is 0 Å². The van der Waals surface area contributed by atoms with E-state index < -0.39 is 5.60 Å². The standard InChI is InChI=1S/C20H26O2/c1-19(2,3)17-13-11-16(12-14-17)15-21-22-20(4,5)18-9-7-6-8-10-18/h6-14H,15H2,1-5H3. The fraction of sp³-hybridized carbons (Fsp3) is 0.400. The summed E-state index contributed by atoms with van der Waals surface area (Å²) in [4.78, 5) is 11.1. The molecule has 0 aliphatic rings. The van der Waals surface area contributed by atoms with Gasteiger partial charge in [0.15, 0.2) is 0 Å². The maximum absolute atomic E-state index is 5.62. The Morgan fingerprint density at radius 2 is 1.32 bits per heavy atom. The van der Waals surface area contributed by atoms with Crippen molar-refractivity contribution in [3.8, 4) is 0 Å². The third kappa shape index (κ3) is 4.43. The molecule has 0 heterocycles. The predicted molar refractivity (Wildman–Crippen MR) is 90.5 cm³/mol. The van der Waals surface area contributed by atoms with E-state index in [0.717, 1.165) is 11.1 Å². The van der Waals surface area contributed by atoms with Crippen LogP contribution in [0, 0.1) is 0 Å². The monoisotopic (exact) mass is 298 g/mol. The summed E-state index contributed by atoms with van der Waals surface area (Å²) in [5.41, 5.74) is 3.23. The zero-order chi connectivity index (χ0) is 16.2. The molecule has 2 heteroatoms. The summed E-state index contributed by atoms with van der Waals surface area (Å²) < 4.78 is 0. The number of hydrogen-bond acceptors (Lipinski definition) is 2.